The quantitative estimate of drug-likeness (QED) is 0.845. The molecule has 16 heavy (non-hydrogen) atoms. The monoisotopic (exact) mass is 223 g/mol. The third kappa shape index (κ3) is 2.72. The van der Waals surface area contributed by atoms with Crippen LogP contribution in [-0.2, 0) is 11.2 Å². The number of aliphatic carboxylic acids is 1. The summed E-state index contributed by atoms with van der Waals surface area (Å²) in [5, 5.41) is 8.80. The summed E-state index contributed by atoms with van der Waals surface area (Å²) in [6.45, 7) is 5.45. The van der Waals surface area contributed by atoms with Crippen LogP contribution in [0.1, 0.15) is 32.4 Å². The van der Waals surface area contributed by atoms with Crippen molar-refractivity contribution in [3.05, 3.63) is 34.2 Å². The van der Waals surface area contributed by atoms with Gasteiger partial charge in [0.2, 0.25) is 0 Å². The molecule has 4 nitrogen and oxygen atoms in total. The van der Waals surface area contributed by atoms with E-state index in [1.807, 2.05) is 13.8 Å². The predicted molar refractivity (Wildman–Crippen MR) is 61.6 cm³/mol. The van der Waals surface area contributed by atoms with Crippen LogP contribution in [0.3, 0.4) is 0 Å². The summed E-state index contributed by atoms with van der Waals surface area (Å²) in [6.07, 6.45) is 2.00. The molecule has 0 bridgehead atoms. The first-order chi connectivity index (χ1) is 7.43. The van der Waals surface area contributed by atoms with E-state index < -0.39 is 11.9 Å². The normalized spacial score (nSPS) is 12.8. The van der Waals surface area contributed by atoms with Crippen molar-refractivity contribution in [3.63, 3.8) is 0 Å². The Morgan fingerprint density at radius 3 is 2.56 bits per heavy atom. The van der Waals surface area contributed by atoms with Crippen LogP contribution in [0.5, 0.6) is 0 Å². The third-order valence-electron chi connectivity index (χ3n) is 2.56. The molecule has 0 aliphatic carbocycles. The highest BCUT2D eigenvalue weighted by molar-refractivity contribution is 5.69. The molecule has 1 aromatic heterocycles. The van der Waals surface area contributed by atoms with Crippen LogP contribution in [0.4, 0.5) is 0 Å². The fraction of sp³-hybridized carbons (Fsp3) is 0.500. The van der Waals surface area contributed by atoms with Crippen LogP contribution in [0.25, 0.3) is 0 Å². The van der Waals surface area contributed by atoms with E-state index in [1.165, 1.54) is 0 Å². The highest BCUT2D eigenvalue weighted by Crippen LogP contribution is 2.06. The molecule has 0 amide bonds. The minimum atomic E-state index is -0.876. The first-order valence-electron chi connectivity index (χ1n) is 5.36. The largest absolute Gasteiger partial charge is 0.481 e. The van der Waals surface area contributed by atoms with Gasteiger partial charge in [-0.3, -0.25) is 9.59 Å². The van der Waals surface area contributed by atoms with E-state index in [0.717, 1.165) is 0 Å². The minimum absolute atomic E-state index is 0.0904. The van der Waals surface area contributed by atoms with E-state index in [2.05, 4.69) is 0 Å². The molecule has 4 heteroatoms. The summed E-state index contributed by atoms with van der Waals surface area (Å²) in [4.78, 5) is 22.7. The van der Waals surface area contributed by atoms with E-state index in [4.69, 9.17) is 5.11 Å². The molecule has 0 saturated heterocycles. The molecule has 88 valence electrons. The van der Waals surface area contributed by atoms with Crippen LogP contribution in [0.2, 0.25) is 0 Å². The third-order valence-corrected chi connectivity index (χ3v) is 2.56. The van der Waals surface area contributed by atoms with Crippen LogP contribution in [-0.4, -0.2) is 15.6 Å². The molecule has 1 aromatic rings. The summed E-state index contributed by atoms with van der Waals surface area (Å²) in [7, 11) is 0. The van der Waals surface area contributed by atoms with Gasteiger partial charge in [-0.15, -0.1) is 0 Å². The minimum Gasteiger partial charge on any atom is -0.481 e. The molecule has 0 spiro atoms. The number of nitrogens with zero attached hydrogens (tertiary/aromatic N) is 1. The average Bonchev–Trinajstić information content (AvgIpc) is 2.20. The zero-order valence-electron chi connectivity index (χ0n) is 9.80. The Hall–Kier alpha value is -1.58. The molecule has 1 N–H and O–H groups in total. The van der Waals surface area contributed by atoms with Crippen LogP contribution < -0.4 is 5.56 Å². The molecule has 0 aliphatic heterocycles. The van der Waals surface area contributed by atoms with Gasteiger partial charge in [-0.25, -0.2) is 0 Å². The maximum atomic E-state index is 11.9. The zero-order chi connectivity index (χ0) is 12.3. The summed E-state index contributed by atoms with van der Waals surface area (Å²) < 4.78 is 1.61. The van der Waals surface area contributed by atoms with Gasteiger partial charge in [0.25, 0.3) is 5.56 Å². The average molecular weight is 223 g/mol. The van der Waals surface area contributed by atoms with Gasteiger partial charge in [0.15, 0.2) is 0 Å². The van der Waals surface area contributed by atoms with Gasteiger partial charge in [-0.1, -0.05) is 13.0 Å². The Kier molecular flexibility index (Phi) is 3.88. The number of carboxylic acid groups (broad SMARTS) is 1. The molecule has 0 aromatic carbocycles. The summed E-state index contributed by atoms with van der Waals surface area (Å²) in [6, 6.07) is 3.57. The standard InChI is InChI=1S/C12H17NO3/c1-8(2)13-6-4-5-10(11(13)14)7-9(3)12(15)16/h4-6,8-9H,7H2,1-3H3,(H,15,16). The second kappa shape index (κ2) is 4.96. The van der Waals surface area contributed by atoms with Crippen molar-refractivity contribution in [2.75, 3.05) is 0 Å². The fourth-order valence-electron chi connectivity index (χ4n) is 1.54. The molecule has 1 heterocycles. The van der Waals surface area contributed by atoms with E-state index in [-0.39, 0.29) is 18.0 Å². The number of hydrogen-bond donors (Lipinski definition) is 1. The van der Waals surface area contributed by atoms with Gasteiger partial charge < -0.3 is 9.67 Å². The lowest BCUT2D eigenvalue weighted by atomic mass is 10.0. The van der Waals surface area contributed by atoms with Crippen molar-refractivity contribution in [1.29, 1.82) is 0 Å². The number of rotatable bonds is 4. The SMILES string of the molecule is CC(Cc1cccn(C(C)C)c1=O)C(=O)O. The first kappa shape index (κ1) is 12.5. The second-order valence-corrected chi connectivity index (χ2v) is 4.28. The molecule has 1 rings (SSSR count). The van der Waals surface area contributed by atoms with Crippen LogP contribution in [0, 0.1) is 5.92 Å². The van der Waals surface area contributed by atoms with Crippen LogP contribution in [0.15, 0.2) is 23.1 Å². The van der Waals surface area contributed by atoms with Gasteiger partial charge in [0, 0.05) is 17.8 Å². The molecule has 0 radical (unpaired) electrons. The maximum absolute atomic E-state index is 11.9. The first-order valence-corrected chi connectivity index (χ1v) is 5.36. The molecular formula is C12H17NO3. The lowest BCUT2D eigenvalue weighted by molar-refractivity contribution is -0.141. The van der Waals surface area contributed by atoms with E-state index in [0.29, 0.717) is 5.56 Å². The Balaban J connectivity index is 3.03. The zero-order valence-corrected chi connectivity index (χ0v) is 9.80. The molecule has 0 saturated carbocycles. The van der Waals surface area contributed by atoms with Crippen molar-refractivity contribution in [1.82, 2.24) is 4.57 Å². The lowest BCUT2D eigenvalue weighted by Crippen LogP contribution is -2.26. The summed E-state index contributed by atoms with van der Waals surface area (Å²) >= 11 is 0. The number of carboxylic acids is 1. The molecule has 0 fully saturated rings. The predicted octanol–water partition coefficient (Wildman–Crippen LogP) is 1.69. The van der Waals surface area contributed by atoms with Crippen molar-refractivity contribution >= 4 is 5.97 Å². The Labute approximate surface area is 94.5 Å². The van der Waals surface area contributed by atoms with Gasteiger partial charge in [0.05, 0.1) is 5.92 Å². The Bertz CT molecular complexity index is 434. The molecule has 1 atom stereocenters. The van der Waals surface area contributed by atoms with E-state index in [1.54, 1.807) is 29.8 Å². The lowest BCUT2D eigenvalue weighted by Gasteiger charge is -2.12. The van der Waals surface area contributed by atoms with Gasteiger partial charge in [-0.2, -0.15) is 0 Å². The fourth-order valence-corrected chi connectivity index (χ4v) is 1.54. The smallest absolute Gasteiger partial charge is 0.306 e. The second-order valence-electron chi connectivity index (χ2n) is 4.28. The van der Waals surface area contributed by atoms with Gasteiger partial charge in [0.1, 0.15) is 0 Å². The van der Waals surface area contributed by atoms with E-state index in [9.17, 15) is 9.59 Å². The molecule has 1 unspecified atom stereocenters. The van der Waals surface area contributed by atoms with Gasteiger partial charge >= 0.3 is 5.97 Å². The Morgan fingerprint density at radius 1 is 1.44 bits per heavy atom. The van der Waals surface area contributed by atoms with Gasteiger partial charge in [-0.05, 0) is 26.3 Å². The number of carbonyl (C=O) groups is 1. The Morgan fingerprint density at radius 2 is 2.06 bits per heavy atom. The van der Waals surface area contributed by atoms with Crippen molar-refractivity contribution in [2.24, 2.45) is 5.92 Å². The molecule has 0 aliphatic rings. The maximum Gasteiger partial charge on any atom is 0.306 e. The summed E-state index contributed by atoms with van der Waals surface area (Å²) in [5.41, 5.74) is 0.469. The number of pyridine rings is 1. The number of hydrogen-bond acceptors (Lipinski definition) is 2. The topological polar surface area (TPSA) is 59.3 Å². The highest BCUT2D eigenvalue weighted by atomic mass is 16.4. The van der Waals surface area contributed by atoms with E-state index >= 15 is 0 Å². The van der Waals surface area contributed by atoms with Crippen molar-refractivity contribution in [3.8, 4) is 0 Å². The highest BCUT2D eigenvalue weighted by Gasteiger charge is 2.14. The van der Waals surface area contributed by atoms with Crippen LogP contribution >= 0.6 is 0 Å². The van der Waals surface area contributed by atoms with Crippen molar-refractivity contribution < 1.29 is 9.90 Å². The molecular weight excluding hydrogens is 206 g/mol. The summed E-state index contributed by atoms with van der Waals surface area (Å²) in [5.74, 6) is -1.41. The van der Waals surface area contributed by atoms with Crippen molar-refractivity contribution in [2.45, 2.75) is 33.2 Å². The number of aromatic nitrogens is 1.